The van der Waals surface area contributed by atoms with Crippen molar-refractivity contribution in [3.05, 3.63) is 11.8 Å². The number of nitrogens with zero attached hydrogens (tertiary/aromatic N) is 1. The molecule has 0 heterocycles. The van der Waals surface area contributed by atoms with Gasteiger partial charge in [0, 0.05) is 23.7 Å². The Balaban J connectivity index is 4.12. The minimum Gasteiger partial charge on any atom is -0.392 e. The van der Waals surface area contributed by atoms with Crippen molar-refractivity contribution in [1.82, 2.24) is 0 Å². The van der Waals surface area contributed by atoms with E-state index in [1.165, 1.54) is 6.20 Å². The molecule has 10 heavy (non-hydrogen) atoms. The smallest absolute Gasteiger partial charge is 0.0711 e. The van der Waals surface area contributed by atoms with Crippen molar-refractivity contribution in [2.24, 2.45) is 4.99 Å². The maximum atomic E-state index is 8.55. The van der Waals surface area contributed by atoms with Gasteiger partial charge in [0.1, 0.15) is 0 Å². The Kier molecular flexibility index (Phi) is 4.41. The second kappa shape index (κ2) is 4.88. The number of nitrogens with one attached hydrogen (secondary N) is 1. The first kappa shape index (κ1) is 9.04. The van der Waals surface area contributed by atoms with Crippen molar-refractivity contribution < 1.29 is 5.11 Å². The Morgan fingerprint density at radius 2 is 2.20 bits per heavy atom. The van der Waals surface area contributed by atoms with E-state index in [0.29, 0.717) is 5.57 Å². The minimum atomic E-state index is -0.125. The van der Waals surface area contributed by atoms with Crippen LogP contribution in [0.3, 0.4) is 0 Å². The highest BCUT2D eigenvalue weighted by Gasteiger charge is 1.85. The highest BCUT2D eigenvalue weighted by atomic mass is 16.3. The summed E-state index contributed by atoms with van der Waals surface area (Å²) in [7, 11) is 0. The number of aliphatic imine (C=N–C) groups is 1. The summed E-state index contributed by atoms with van der Waals surface area (Å²) >= 11 is 0. The highest BCUT2D eigenvalue weighted by molar-refractivity contribution is 5.81. The van der Waals surface area contributed by atoms with Crippen molar-refractivity contribution in [2.45, 2.75) is 13.8 Å². The molecule has 0 aliphatic carbocycles. The molecule has 0 aromatic rings. The van der Waals surface area contributed by atoms with E-state index in [9.17, 15) is 0 Å². The first-order valence-electron chi connectivity index (χ1n) is 3.02. The average molecular weight is 140 g/mol. The van der Waals surface area contributed by atoms with Crippen LogP contribution < -0.4 is 0 Å². The van der Waals surface area contributed by atoms with Crippen molar-refractivity contribution in [3.63, 3.8) is 0 Å². The molecule has 56 valence electrons. The number of hydrogen-bond donors (Lipinski definition) is 2. The molecule has 3 heteroatoms. The Bertz CT molecular complexity index is 166. The van der Waals surface area contributed by atoms with Crippen LogP contribution in [-0.2, 0) is 0 Å². The van der Waals surface area contributed by atoms with Crippen molar-refractivity contribution in [3.8, 4) is 0 Å². The molecule has 0 aliphatic rings. The fourth-order valence-corrected chi connectivity index (χ4v) is 0.336. The van der Waals surface area contributed by atoms with Crippen LogP contribution in [0.1, 0.15) is 13.8 Å². The van der Waals surface area contributed by atoms with Crippen LogP contribution in [0.4, 0.5) is 0 Å². The van der Waals surface area contributed by atoms with Gasteiger partial charge in [-0.3, -0.25) is 4.99 Å². The molecule has 0 atom stereocenters. The minimum absolute atomic E-state index is 0.125. The van der Waals surface area contributed by atoms with Gasteiger partial charge in [0.15, 0.2) is 0 Å². The zero-order valence-electron chi connectivity index (χ0n) is 6.26. The summed E-state index contributed by atoms with van der Waals surface area (Å²) in [6.07, 6.45) is 2.58. The highest BCUT2D eigenvalue weighted by Crippen LogP contribution is 1.88. The molecular weight excluding hydrogens is 128 g/mol. The lowest BCUT2D eigenvalue weighted by Crippen LogP contribution is -1.90. The summed E-state index contributed by atoms with van der Waals surface area (Å²) in [5.74, 6) is 0. The largest absolute Gasteiger partial charge is 0.392 e. The third-order valence-corrected chi connectivity index (χ3v) is 0.857. The molecule has 0 fully saturated rings. The molecule has 0 rings (SSSR count). The third-order valence-electron chi connectivity index (χ3n) is 0.857. The molecular formula is C7H12N2O. The number of aliphatic hydroxyl groups is 1. The Morgan fingerprint density at radius 3 is 2.50 bits per heavy atom. The van der Waals surface area contributed by atoms with E-state index in [2.05, 4.69) is 4.99 Å². The van der Waals surface area contributed by atoms with Gasteiger partial charge in [-0.2, -0.15) is 0 Å². The molecule has 3 nitrogen and oxygen atoms in total. The van der Waals surface area contributed by atoms with Crippen LogP contribution in [-0.4, -0.2) is 23.6 Å². The van der Waals surface area contributed by atoms with E-state index in [-0.39, 0.29) is 6.61 Å². The predicted octanol–water partition coefficient (Wildman–Crippen LogP) is 0.993. The van der Waals surface area contributed by atoms with Gasteiger partial charge in [-0.1, -0.05) is 0 Å². The van der Waals surface area contributed by atoms with Crippen LogP contribution in [0.5, 0.6) is 0 Å². The van der Waals surface area contributed by atoms with Gasteiger partial charge in [-0.05, 0) is 13.8 Å². The molecule has 0 spiro atoms. The van der Waals surface area contributed by atoms with Gasteiger partial charge in [0.2, 0.25) is 0 Å². The summed E-state index contributed by atoms with van der Waals surface area (Å²) in [4.78, 5) is 3.91. The lowest BCUT2D eigenvalue weighted by Gasteiger charge is -1.90. The van der Waals surface area contributed by atoms with Crippen LogP contribution >= 0.6 is 0 Å². The Hall–Kier alpha value is -0.960. The van der Waals surface area contributed by atoms with Gasteiger partial charge in [0.25, 0.3) is 0 Å². The second-order valence-electron chi connectivity index (χ2n) is 2.08. The molecule has 0 saturated carbocycles. The summed E-state index contributed by atoms with van der Waals surface area (Å²) in [5, 5.41) is 15.3. The molecule has 2 N–H and O–H groups in total. The van der Waals surface area contributed by atoms with Gasteiger partial charge in [0.05, 0.1) is 6.61 Å². The fraction of sp³-hybridized carbons (Fsp3) is 0.429. The standard InChI is InChI=1S/C7H12N2O/c1-6(2)9-4-7(3-8)5-10/h3-4,8,10H,5H2,1-2H3/b7-4+,8-3?. The van der Waals surface area contributed by atoms with Gasteiger partial charge >= 0.3 is 0 Å². The zero-order valence-corrected chi connectivity index (χ0v) is 6.26. The van der Waals surface area contributed by atoms with E-state index in [1.54, 1.807) is 0 Å². The quantitative estimate of drug-likeness (QED) is 0.564. The normalized spacial score (nSPS) is 10.9. The van der Waals surface area contributed by atoms with Crippen molar-refractivity contribution in [1.29, 1.82) is 5.41 Å². The zero-order chi connectivity index (χ0) is 7.98. The van der Waals surface area contributed by atoms with E-state index >= 15 is 0 Å². The first-order chi connectivity index (χ1) is 4.70. The van der Waals surface area contributed by atoms with Crippen LogP contribution in [0, 0.1) is 5.41 Å². The summed E-state index contributed by atoms with van der Waals surface area (Å²) in [6.45, 7) is 3.59. The molecule has 0 unspecified atom stereocenters. The van der Waals surface area contributed by atoms with Gasteiger partial charge in [-0.25, -0.2) is 0 Å². The number of hydrogen-bond acceptors (Lipinski definition) is 3. The van der Waals surface area contributed by atoms with Crippen LogP contribution in [0.15, 0.2) is 16.8 Å². The Morgan fingerprint density at radius 1 is 1.60 bits per heavy atom. The fourth-order valence-electron chi connectivity index (χ4n) is 0.336. The van der Waals surface area contributed by atoms with Crippen LogP contribution in [0.25, 0.3) is 0 Å². The Labute approximate surface area is 60.6 Å². The molecule has 0 aliphatic heterocycles. The second-order valence-corrected chi connectivity index (χ2v) is 2.08. The van der Waals surface area contributed by atoms with E-state index in [0.717, 1.165) is 11.9 Å². The summed E-state index contributed by atoms with van der Waals surface area (Å²) in [6, 6.07) is 0. The van der Waals surface area contributed by atoms with Gasteiger partial charge in [-0.15, -0.1) is 0 Å². The molecule has 0 aromatic carbocycles. The van der Waals surface area contributed by atoms with Crippen molar-refractivity contribution >= 4 is 11.9 Å². The maximum Gasteiger partial charge on any atom is 0.0711 e. The first-order valence-corrected chi connectivity index (χ1v) is 3.02. The van der Waals surface area contributed by atoms with E-state index in [4.69, 9.17) is 10.5 Å². The summed E-state index contributed by atoms with van der Waals surface area (Å²) in [5.41, 5.74) is 1.43. The number of rotatable bonds is 3. The van der Waals surface area contributed by atoms with E-state index in [1.807, 2.05) is 13.8 Å². The van der Waals surface area contributed by atoms with Crippen molar-refractivity contribution in [2.75, 3.05) is 6.61 Å². The SMILES string of the molecule is CC(C)=N/C=C(\C=N)CO. The number of aliphatic hydroxyl groups excluding tert-OH is 1. The third kappa shape index (κ3) is 3.97. The lowest BCUT2D eigenvalue weighted by molar-refractivity contribution is 0.337. The van der Waals surface area contributed by atoms with E-state index < -0.39 is 0 Å². The molecule has 0 saturated heterocycles. The molecule has 0 radical (unpaired) electrons. The predicted molar refractivity (Wildman–Crippen MR) is 42.7 cm³/mol. The van der Waals surface area contributed by atoms with Crippen LogP contribution in [0.2, 0.25) is 0 Å². The summed E-state index contributed by atoms with van der Waals surface area (Å²) < 4.78 is 0. The molecule has 0 bridgehead atoms. The maximum absolute atomic E-state index is 8.55. The molecule has 0 amide bonds. The average Bonchev–Trinajstić information content (AvgIpc) is 1.90. The molecule has 0 aromatic heterocycles. The van der Waals surface area contributed by atoms with Gasteiger partial charge < -0.3 is 10.5 Å². The topological polar surface area (TPSA) is 56.4 Å². The monoisotopic (exact) mass is 140 g/mol. The lowest BCUT2D eigenvalue weighted by atomic mass is 10.3.